The van der Waals surface area contributed by atoms with Gasteiger partial charge in [-0.2, -0.15) is 0 Å². The molecule has 28 heavy (non-hydrogen) atoms. The lowest BCUT2D eigenvalue weighted by molar-refractivity contribution is 0.232. The third kappa shape index (κ3) is 5.10. The maximum atomic E-state index is 13.7. The summed E-state index contributed by atoms with van der Waals surface area (Å²) in [5, 5.41) is -0.377. The molecular formula is C21H26ClF2NO2S. The topological polar surface area (TPSA) is 37.4 Å². The zero-order valence-corrected chi connectivity index (χ0v) is 17.8. The molecule has 0 saturated carbocycles. The van der Waals surface area contributed by atoms with Crippen LogP contribution in [0.25, 0.3) is 0 Å². The minimum Gasteiger partial charge on any atom is -0.303 e. The van der Waals surface area contributed by atoms with E-state index in [4.69, 9.17) is 0 Å². The maximum Gasteiger partial charge on any atom is 0.181 e. The first kappa shape index (κ1) is 22.8. The largest absolute Gasteiger partial charge is 0.303 e. The number of hydrogen-bond donors (Lipinski definition) is 0. The number of sulfone groups is 1. The number of aryl methyl sites for hydroxylation is 2. The maximum absolute atomic E-state index is 13.7. The van der Waals surface area contributed by atoms with Crippen LogP contribution in [0.1, 0.15) is 29.5 Å². The molecule has 0 aromatic heterocycles. The summed E-state index contributed by atoms with van der Waals surface area (Å²) >= 11 is 0. The fourth-order valence-corrected chi connectivity index (χ4v) is 5.70. The molecule has 7 heteroatoms. The molecule has 0 spiro atoms. The van der Waals surface area contributed by atoms with Gasteiger partial charge >= 0.3 is 0 Å². The van der Waals surface area contributed by atoms with Crippen molar-refractivity contribution in [1.29, 1.82) is 0 Å². The highest BCUT2D eigenvalue weighted by Gasteiger charge is 2.32. The van der Waals surface area contributed by atoms with Crippen molar-refractivity contribution in [3.8, 4) is 0 Å². The smallest absolute Gasteiger partial charge is 0.181 e. The third-order valence-electron chi connectivity index (χ3n) is 5.32. The average Bonchev–Trinajstić information content (AvgIpc) is 2.61. The Morgan fingerprint density at radius 2 is 1.71 bits per heavy atom. The van der Waals surface area contributed by atoms with Crippen molar-refractivity contribution in [2.24, 2.45) is 0 Å². The number of rotatable bonds is 5. The van der Waals surface area contributed by atoms with Crippen molar-refractivity contribution < 1.29 is 17.2 Å². The average molecular weight is 430 g/mol. The molecule has 154 valence electrons. The van der Waals surface area contributed by atoms with Crippen LogP contribution in [0.2, 0.25) is 0 Å². The summed E-state index contributed by atoms with van der Waals surface area (Å²) < 4.78 is 52.7. The van der Waals surface area contributed by atoms with Crippen molar-refractivity contribution in [2.45, 2.75) is 43.3 Å². The number of hydrogen-bond acceptors (Lipinski definition) is 3. The monoisotopic (exact) mass is 429 g/mol. The van der Waals surface area contributed by atoms with Crippen molar-refractivity contribution in [1.82, 2.24) is 4.90 Å². The molecule has 2 aromatic rings. The lowest BCUT2D eigenvalue weighted by atomic mass is 10.1. The molecule has 0 N–H and O–H groups in total. The summed E-state index contributed by atoms with van der Waals surface area (Å²) in [5.41, 5.74) is 2.33. The first-order valence-electron chi connectivity index (χ1n) is 9.25. The van der Waals surface area contributed by atoms with E-state index in [2.05, 4.69) is 4.90 Å². The van der Waals surface area contributed by atoms with Gasteiger partial charge in [-0.05, 0) is 69.5 Å². The highest BCUT2D eigenvalue weighted by molar-refractivity contribution is 7.92. The van der Waals surface area contributed by atoms with Gasteiger partial charge in [0.25, 0.3) is 0 Å². The molecule has 1 aliphatic heterocycles. The zero-order valence-electron chi connectivity index (χ0n) is 16.1. The first-order chi connectivity index (χ1) is 12.8. The summed E-state index contributed by atoms with van der Waals surface area (Å²) in [6.07, 6.45) is 1.63. The molecule has 0 atom stereocenters. The minimum absolute atomic E-state index is 0. The minimum atomic E-state index is -3.34. The van der Waals surface area contributed by atoms with E-state index < -0.39 is 21.5 Å². The van der Waals surface area contributed by atoms with Gasteiger partial charge in [0, 0.05) is 12.6 Å². The molecule has 0 unspecified atom stereocenters. The summed E-state index contributed by atoms with van der Waals surface area (Å²) in [4.78, 5) is 2.58. The Morgan fingerprint density at radius 1 is 1.04 bits per heavy atom. The summed E-state index contributed by atoms with van der Waals surface area (Å²) in [6, 6.07) is 9.09. The lowest BCUT2D eigenvalue weighted by Crippen LogP contribution is -2.40. The molecule has 3 rings (SSSR count). The van der Waals surface area contributed by atoms with Gasteiger partial charge in [-0.15, -0.1) is 12.4 Å². The van der Waals surface area contributed by atoms with E-state index in [1.807, 2.05) is 26.0 Å². The molecule has 2 aromatic carbocycles. The number of likely N-dealkylation sites (tertiary alicyclic amines) is 1. The van der Waals surface area contributed by atoms with E-state index in [0.717, 1.165) is 17.2 Å². The van der Waals surface area contributed by atoms with Crippen LogP contribution in [0, 0.1) is 25.5 Å². The number of halogens is 3. The Bertz CT molecular complexity index is 926. The van der Waals surface area contributed by atoms with Crippen LogP contribution in [0.15, 0.2) is 41.3 Å². The van der Waals surface area contributed by atoms with E-state index >= 15 is 0 Å². The van der Waals surface area contributed by atoms with Gasteiger partial charge in [0.1, 0.15) is 11.6 Å². The second kappa shape index (κ2) is 9.33. The fraction of sp³-hybridized carbons (Fsp3) is 0.429. The van der Waals surface area contributed by atoms with Crippen LogP contribution in [0.5, 0.6) is 0 Å². The highest BCUT2D eigenvalue weighted by atomic mass is 35.5. The van der Waals surface area contributed by atoms with Gasteiger partial charge in [0.2, 0.25) is 0 Å². The van der Waals surface area contributed by atoms with Crippen molar-refractivity contribution >= 4 is 22.2 Å². The quantitative estimate of drug-likeness (QED) is 0.703. The van der Waals surface area contributed by atoms with Crippen LogP contribution in [0.3, 0.4) is 0 Å². The van der Waals surface area contributed by atoms with Crippen molar-refractivity contribution in [2.75, 3.05) is 19.6 Å². The molecule has 1 saturated heterocycles. The van der Waals surface area contributed by atoms with E-state index in [1.165, 1.54) is 12.1 Å². The van der Waals surface area contributed by atoms with Gasteiger partial charge in [0.05, 0.1) is 10.1 Å². The summed E-state index contributed by atoms with van der Waals surface area (Å²) in [6.45, 7) is 5.76. The molecule has 1 fully saturated rings. The van der Waals surface area contributed by atoms with Gasteiger partial charge in [0.15, 0.2) is 9.84 Å². The van der Waals surface area contributed by atoms with Crippen LogP contribution in [-0.4, -0.2) is 38.2 Å². The fourth-order valence-electron chi connectivity index (χ4n) is 3.74. The molecule has 0 radical (unpaired) electrons. The molecule has 3 nitrogen and oxygen atoms in total. The van der Waals surface area contributed by atoms with Gasteiger partial charge in [-0.1, -0.05) is 23.8 Å². The summed E-state index contributed by atoms with van der Waals surface area (Å²) in [5.74, 6) is -1.10. The highest BCUT2D eigenvalue weighted by Crippen LogP contribution is 2.27. The molecular weight excluding hydrogens is 404 g/mol. The number of nitrogens with zero attached hydrogens (tertiary/aromatic N) is 1. The van der Waals surface area contributed by atoms with Crippen molar-refractivity contribution in [3.05, 3.63) is 64.7 Å². The Balaban J connectivity index is 0.00000280. The first-order valence-corrected chi connectivity index (χ1v) is 10.8. The van der Waals surface area contributed by atoms with E-state index in [-0.39, 0.29) is 17.7 Å². The number of piperidine rings is 1. The molecule has 0 aliphatic carbocycles. The van der Waals surface area contributed by atoms with Crippen molar-refractivity contribution in [3.63, 3.8) is 0 Å². The predicted molar refractivity (Wildman–Crippen MR) is 110 cm³/mol. The zero-order chi connectivity index (χ0) is 19.6. The standard InChI is InChI=1S/C21H25F2NO2S.ClH/c1-15-3-6-21(16(2)13-15)27(25,26)19-8-11-24(12-9-19)10-7-17-4-5-18(22)14-20(17)23;/h3-6,13-14,19H,7-12H2,1-2H3;1H. The Morgan fingerprint density at radius 3 is 2.32 bits per heavy atom. The Kier molecular flexibility index (Phi) is 7.59. The van der Waals surface area contributed by atoms with Gasteiger partial charge < -0.3 is 4.90 Å². The van der Waals surface area contributed by atoms with Crippen LogP contribution >= 0.6 is 12.4 Å². The van der Waals surface area contributed by atoms with Gasteiger partial charge in [-0.3, -0.25) is 0 Å². The second-order valence-corrected chi connectivity index (χ2v) is 9.54. The number of benzene rings is 2. The molecule has 1 heterocycles. The van der Waals surface area contributed by atoms with Crippen LogP contribution in [-0.2, 0) is 16.3 Å². The summed E-state index contributed by atoms with van der Waals surface area (Å²) in [7, 11) is -3.34. The SMILES string of the molecule is Cc1ccc(S(=O)(=O)C2CCN(CCc3ccc(F)cc3F)CC2)c(C)c1.Cl. The van der Waals surface area contributed by atoms with Crippen LogP contribution < -0.4 is 0 Å². The van der Waals surface area contributed by atoms with E-state index in [0.29, 0.717) is 49.4 Å². The molecule has 1 aliphatic rings. The normalized spacial score (nSPS) is 16.0. The Labute approximate surface area is 172 Å². The molecule has 0 amide bonds. The van der Waals surface area contributed by atoms with Gasteiger partial charge in [-0.25, -0.2) is 17.2 Å². The van der Waals surface area contributed by atoms with Crippen LogP contribution in [0.4, 0.5) is 8.78 Å². The third-order valence-corrected chi connectivity index (χ3v) is 7.74. The second-order valence-electron chi connectivity index (χ2n) is 7.34. The lowest BCUT2D eigenvalue weighted by Gasteiger charge is -2.32. The molecule has 0 bridgehead atoms. The predicted octanol–water partition coefficient (Wildman–Crippen LogP) is 4.48. The van der Waals surface area contributed by atoms with E-state index in [9.17, 15) is 17.2 Å². The Hall–Kier alpha value is -1.50. The van der Waals surface area contributed by atoms with E-state index in [1.54, 1.807) is 6.07 Å².